The van der Waals surface area contributed by atoms with Crippen molar-refractivity contribution in [3.63, 3.8) is 0 Å². The van der Waals surface area contributed by atoms with Crippen molar-refractivity contribution in [3.05, 3.63) is 35.9 Å². The predicted molar refractivity (Wildman–Crippen MR) is 94.4 cm³/mol. The molecular weight excluding hydrogens is 330 g/mol. The van der Waals surface area contributed by atoms with Gasteiger partial charge in [0.15, 0.2) is 11.8 Å². The van der Waals surface area contributed by atoms with Crippen molar-refractivity contribution in [2.24, 2.45) is 17.8 Å². The molecule has 3 unspecified atom stereocenters. The third-order valence-electron chi connectivity index (χ3n) is 7.11. The van der Waals surface area contributed by atoms with Crippen molar-refractivity contribution < 1.29 is 19.3 Å². The molecule has 1 saturated carbocycles. The van der Waals surface area contributed by atoms with Crippen LogP contribution in [-0.2, 0) is 25.9 Å². The molecule has 0 aromatic heterocycles. The lowest BCUT2D eigenvalue weighted by atomic mass is 9.59. The summed E-state index contributed by atoms with van der Waals surface area (Å²) >= 11 is 0. The average Bonchev–Trinajstić information content (AvgIpc) is 2.87. The highest BCUT2D eigenvalue weighted by molar-refractivity contribution is 5.78. The molecule has 1 aliphatic carbocycles. The summed E-state index contributed by atoms with van der Waals surface area (Å²) in [5, 5.41) is 0. The quantitative estimate of drug-likeness (QED) is 0.759. The Hall–Kier alpha value is -1.43. The molecule has 1 aromatic carbocycles. The second kappa shape index (κ2) is 5.78. The van der Waals surface area contributed by atoms with E-state index in [1.165, 1.54) is 0 Å². The number of amides is 1. The van der Waals surface area contributed by atoms with E-state index in [9.17, 15) is 4.79 Å². The van der Waals surface area contributed by atoms with Crippen molar-refractivity contribution in [1.82, 2.24) is 4.90 Å². The van der Waals surface area contributed by atoms with Crippen LogP contribution in [0.1, 0.15) is 51.5 Å². The standard InChI is InChI=1S/C21H27NO4/c1-14-8-9-16-12-18(23)22(13-15-6-4-3-5-7-15)19-21(16)17(14)10-11-20(2,24-19)25-26-21/h3-7,14,16-17,19H,8-13H2,1-2H3/t14?,16-,17?,19?,20+,21-/m0/s1. The fourth-order valence-corrected chi connectivity index (χ4v) is 5.71. The highest BCUT2D eigenvalue weighted by atomic mass is 17.3. The van der Waals surface area contributed by atoms with Gasteiger partial charge in [0.25, 0.3) is 0 Å². The van der Waals surface area contributed by atoms with E-state index in [4.69, 9.17) is 14.5 Å². The van der Waals surface area contributed by atoms with Gasteiger partial charge in [0.2, 0.25) is 11.7 Å². The van der Waals surface area contributed by atoms with Gasteiger partial charge < -0.3 is 9.64 Å². The summed E-state index contributed by atoms with van der Waals surface area (Å²) in [6, 6.07) is 10.1. The first kappa shape index (κ1) is 16.7. The number of hydrogen-bond donors (Lipinski definition) is 0. The Morgan fingerprint density at radius 1 is 1.15 bits per heavy atom. The SMILES string of the molecule is CC1CC[C@H]2CC(=O)N(Cc3ccccc3)C3O[C@@]4(C)CCC1[C@]32OO4. The summed E-state index contributed by atoms with van der Waals surface area (Å²) in [7, 11) is 0. The molecule has 1 spiro atoms. The summed E-state index contributed by atoms with van der Waals surface area (Å²) < 4.78 is 6.49. The number of carbonyl (C=O) groups excluding carboxylic acids is 1. The fourth-order valence-electron chi connectivity index (χ4n) is 5.71. The molecule has 140 valence electrons. The van der Waals surface area contributed by atoms with Gasteiger partial charge >= 0.3 is 0 Å². The zero-order valence-corrected chi connectivity index (χ0v) is 15.5. The summed E-state index contributed by atoms with van der Waals surface area (Å²) in [4.78, 5) is 27.0. The predicted octanol–water partition coefficient (Wildman–Crippen LogP) is 3.63. The third-order valence-corrected chi connectivity index (χ3v) is 7.11. The molecule has 2 bridgehead atoms. The lowest BCUT2D eigenvalue weighted by Gasteiger charge is -2.60. The van der Waals surface area contributed by atoms with E-state index in [0.717, 1.165) is 31.2 Å². The van der Waals surface area contributed by atoms with Crippen LogP contribution >= 0.6 is 0 Å². The van der Waals surface area contributed by atoms with Gasteiger partial charge in [-0.1, -0.05) is 37.3 Å². The van der Waals surface area contributed by atoms with Crippen LogP contribution in [0.25, 0.3) is 0 Å². The lowest BCUT2D eigenvalue weighted by Crippen LogP contribution is -2.72. The minimum absolute atomic E-state index is 0.169. The molecule has 5 heteroatoms. The molecule has 0 N–H and O–H groups in total. The molecule has 5 nitrogen and oxygen atoms in total. The molecule has 26 heavy (non-hydrogen) atoms. The molecule has 6 atom stereocenters. The largest absolute Gasteiger partial charge is 0.321 e. The maximum absolute atomic E-state index is 13.1. The van der Waals surface area contributed by atoms with Crippen LogP contribution < -0.4 is 0 Å². The Bertz CT molecular complexity index is 705. The van der Waals surface area contributed by atoms with Crippen molar-refractivity contribution >= 4 is 5.91 Å². The average molecular weight is 357 g/mol. The second-order valence-corrected chi connectivity index (χ2v) is 8.73. The zero-order valence-electron chi connectivity index (χ0n) is 15.5. The Morgan fingerprint density at radius 2 is 1.96 bits per heavy atom. The summed E-state index contributed by atoms with van der Waals surface area (Å²) in [5.41, 5.74) is 0.585. The Kier molecular flexibility index (Phi) is 3.72. The molecule has 1 amide bonds. The van der Waals surface area contributed by atoms with Crippen molar-refractivity contribution in [3.8, 4) is 0 Å². The van der Waals surface area contributed by atoms with Gasteiger partial charge in [0, 0.05) is 25.3 Å². The van der Waals surface area contributed by atoms with E-state index in [-0.39, 0.29) is 18.1 Å². The molecule has 4 saturated heterocycles. The van der Waals surface area contributed by atoms with Gasteiger partial charge in [-0.25, -0.2) is 9.78 Å². The lowest BCUT2D eigenvalue weighted by molar-refractivity contribution is -0.546. The van der Waals surface area contributed by atoms with Crippen molar-refractivity contribution in [2.45, 2.75) is 70.1 Å². The highest BCUT2D eigenvalue weighted by Crippen LogP contribution is 2.59. The van der Waals surface area contributed by atoms with Crippen molar-refractivity contribution in [2.75, 3.05) is 0 Å². The minimum Gasteiger partial charge on any atom is -0.321 e. The van der Waals surface area contributed by atoms with Gasteiger partial charge in [-0.3, -0.25) is 4.79 Å². The first-order valence-corrected chi connectivity index (χ1v) is 9.90. The molecular formula is C21H27NO4. The molecule has 4 heterocycles. The number of carbonyl (C=O) groups is 1. The number of fused-ring (bicyclic) bond motifs is 2. The fraction of sp³-hybridized carbons (Fsp3) is 0.667. The van der Waals surface area contributed by atoms with E-state index in [1.54, 1.807) is 0 Å². The molecule has 4 aliphatic heterocycles. The van der Waals surface area contributed by atoms with E-state index < -0.39 is 11.4 Å². The van der Waals surface area contributed by atoms with E-state index in [0.29, 0.717) is 24.8 Å². The van der Waals surface area contributed by atoms with Gasteiger partial charge in [-0.05, 0) is 43.6 Å². The number of rotatable bonds is 2. The molecule has 6 rings (SSSR count). The summed E-state index contributed by atoms with van der Waals surface area (Å²) in [6.07, 6.45) is 4.13. The minimum atomic E-state index is -0.774. The van der Waals surface area contributed by atoms with Crippen LogP contribution in [0.4, 0.5) is 0 Å². The second-order valence-electron chi connectivity index (χ2n) is 8.73. The van der Waals surface area contributed by atoms with E-state index in [2.05, 4.69) is 19.1 Å². The topological polar surface area (TPSA) is 48.0 Å². The zero-order chi connectivity index (χ0) is 17.9. The van der Waals surface area contributed by atoms with Gasteiger partial charge in [-0.2, -0.15) is 0 Å². The number of hydrogen-bond acceptors (Lipinski definition) is 4. The molecule has 5 fully saturated rings. The molecule has 1 aromatic rings. The van der Waals surface area contributed by atoms with Gasteiger partial charge in [0.05, 0.1) is 0 Å². The van der Waals surface area contributed by atoms with Crippen LogP contribution in [0.5, 0.6) is 0 Å². The number of benzene rings is 1. The Morgan fingerprint density at radius 3 is 2.77 bits per heavy atom. The van der Waals surface area contributed by atoms with E-state index in [1.807, 2.05) is 30.0 Å². The smallest absolute Gasteiger partial charge is 0.225 e. The van der Waals surface area contributed by atoms with Crippen LogP contribution in [0.15, 0.2) is 30.3 Å². The number of piperidine rings is 1. The first-order valence-electron chi connectivity index (χ1n) is 9.90. The number of nitrogens with zero attached hydrogens (tertiary/aromatic N) is 1. The maximum Gasteiger partial charge on any atom is 0.225 e. The first-order chi connectivity index (χ1) is 12.5. The molecule has 0 radical (unpaired) electrons. The Balaban J connectivity index is 1.58. The van der Waals surface area contributed by atoms with E-state index >= 15 is 0 Å². The third kappa shape index (κ3) is 2.30. The Labute approximate surface area is 154 Å². The normalized spacial score (nSPS) is 44.5. The summed E-state index contributed by atoms with van der Waals surface area (Å²) in [5.74, 6) is 0.484. The van der Waals surface area contributed by atoms with Crippen LogP contribution in [-0.4, -0.2) is 28.4 Å². The number of ether oxygens (including phenoxy) is 1. The maximum atomic E-state index is 13.1. The number of likely N-dealkylation sites (tertiary alicyclic amines) is 1. The van der Waals surface area contributed by atoms with Crippen LogP contribution in [0, 0.1) is 17.8 Å². The molecule has 5 aliphatic rings. The van der Waals surface area contributed by atoms with Gasteiger partial charge in [-0.15, -0.1) is 0 Å². The summed E-state index contributed by atoms with van der Waals surface area (Å²) in [6.45, 7) is 4.81. The van der Waals surface area contributed by atoms with Crippen LogP contribution in [0.3, 0.4) is 0 Å². The van der Waals surface area contributed by atoms with Crippen LogP contribution in [0.2, 0.25) is 0 Å². The highest BCUT2D eigenvalue weighted by Gasteiger charge is 2.68. The monoisotopic (exact) mass is 357 g/mol. The van der Waals surface area contributed by atoms with Gasteiger partial charge in [0.1, 0.15) is 0 Å². The van der Waals surface area contributed by atoms with Crippen molar-refractivity contribution in [1.29, 1.82) is 0 Å².